The van der Waals surface area contributed by atoms with Gasteiger partial charge in [0.15, 0.2) is 0 Å². The molecule has 0 aliphatic carbocycles. The minimum atomic E-state index is 0.0533. The number of urea groups is 1. The lowest BCUT2D eigenvalue weighted by Crippen LogP contribution is -2.47. The predicted molar refractivity (Wildman–Crippen MR) is 59.6 cm³/mol. The molecule has 80 valence electrons. The highest BCUT2D eigenvalue weighted by Gasteiger charge is 2.23. The van der Waals surface area contributed by atoms with Gasteiger partial charge in [-0.1, -0.05) is 30.3 Å². The Labute approximate surface area is 90.1 Å². The molecule has 0 radical (unpaired) electrons. The van der Waals surface area contributed by atoms with E-state index in [1.54, 1.807) is 0 Å². The quantitative estimate of drug-likeness (QED) is 0.786. The summed E-state index contributed by atoms with van der Waals surface area (Å²) in [5, 5.41) is 2.87. The van der Waals surface area contributed by atoms with Crippen LogP contribution in [0.25, 0.3) is 0 Å². The van der Waals surface area contributed by atoms with E-state index in [-0.39, 0.29) is 12.1 Å². The summed E-state index contributed by atoms with van der Waals surface area (Å²) < 4.78 is 0. The molecule has 0 spiro atoms. The van der Waals surface area contributed by atoms with Crippen molar-refractivity contribution in [3.05, 3.63) is 35.9 Å². The third kappa shape index (κ3) is 2.12. The SMILES string of the molecule is C[C@H](c1ccccc1)N1CCCNC1=O. The Balaban J connectivity index is 2.13. The largest absolute Gasteiger partial charge is 0.338 e. The van der Waals surface area contributed by atoms with Crippen molar-refractivity contribution >= 4 is 6.03 Å². The number of carbonyl (C=O) groups excluding carboxylic acids is 1. The monoisotopic (exact) mass is 204 g/mol. The molecule has 1 N–H and O–H groups in total. The Hall–Kier alpha value is -1.51. The van der Waals surface area contributed by atoms with E-state index >= 15 is 0 Å². The molecule has 1 aromatic carbocycles. The number of nitrogens with one attached hydrogen (secondary N) is 1. The van der Waals surface area contributed by atoms with Gasteiger partial charge in [0.2, 0.25) is 0 Å². The van der Waals surface area contributed by atoms with E-state index < -0.39 is 0 Å². The molecule has 15 heavy (non-hydrogen) atoms. The molecule has 1 aliphatic rings. The predicted octanol–water partition coefficient (Wildman–Crippen LogP) is 2.16. The molecular weight excluding hydrogens is 188 g/mol. The van der Waals surface area contributed by atoms with E-state index in [1.165, 1.54) is 5.56 Å². The summed E-state index contributed by atoms with van der Waals surface area (Å²) in [6.07, 6.45) is 1.03. The molecule has 0 unspecified atom stereocenters. The minimum absolute atomic E-state index is 0.0533. The Kier molecular flexibility index (Phi) is 2.90. The maximum absolute atomic E-state index is 11.6. The summed E-state index contributed by atoms with van der Waals surface area (Å²) in [6.45, 7) is 3.72. The third-order valence-electron chi connectivity index (χ3n) is 2.86. The van der Waals surface area contributed by atoms with Gasteiger partial charge in [0, 0.05) is 13.1 Å². The van der Waals surface area contributed by atoms with Crippen molar-refractivity contribution in [3.63, 3.8) is 0 Å². The summed E-state index contributed by atoms with van der Waals surface area (Å²) in [6, 6.07) is 10.3. The lowest BCUT2D eigenvalue weighted by Gasteiger charge is -2.33. The van der Waals surface area contributed by atoms with Crippen molar-refractivity contribution in [2.24, 2.45) is 0 Å². The van der Waals surface area contributed by atoms with Gasteiger partial charge in [0.05, 0.1) is 6.04 Å². The van der Waals surface area contributed by atoms with E-state index in [4.69, 9.17) is 0 Å². The third-order valence-corrected chi connectivity index (χ3v) is 2.86. The fraction of sp³-hybridized carbons (Fsp3) is 0.417. The van der Waals surface area contributed by atoms with Crippen molar-refractivity contribution < 1.29 is 4.79 Å². The van der Waals surface area contributed by atoms with Crippen LogP contribution in [0.5, 0.6) is 0 Å². The second kappa shape index (κ2) is 4.34. The first-order chi connectivity index (χ1) is 7.29. The molecule has 1 fully saturated rings. The number of hydrogen-bond acceptors (Lipinski definition) is 1. The Morgan fingerprint density at radius 3 is 2.73 bits per heavy atom. The van der Waals surface area contributed by atoms with Gasteiger partial charge in [-0.05, 0) is 18.9 Å². The second-order valence-electron chi connectivity index (χ2n) is 3.87. The molecule has 1 heterocycles. The molecule has 0 bridgehead atoms. The van der Waals surface area contributed by atoms with Gasteiger partial charge in [-0.25, -0.2) is 4.79 Å². The molecule has 2 rings (SSSR count). The molecule has 3 heteroatoms. The van der Waals surface area contributed by atoms with Gasteiger partial charge in [-0.3, -0.25) is 0 Å². The summed E-state index contributed by atoms with van der Waals surface area (Å²) in [5.74, 6) is 0. The molecule has 1 aromatic rings. The topological polar surface area (TPSA) is 32.3 Å². The van der Waals surface area contributed by atoms with Gasteiger partial charge in [0.25, 0.3) is 0 Å². The first-order valence-corrected chi connectivity index (χ1v) is 5.38. The first-order valence-electron chi connectivity index (χ1n) is 5.38. The van der Waals surface area contributed by atoms with Crippen LogP contribution >= 0.6 is 0 Å². The van der Waals surface area contributed by atoms with E-state index in [9.17, 15) is 4.79 Å². The minimum Gasteiger partial charge on any atom is -0.338 e. The zero-order chi connectivity index (χ0) is 10.7. The molecule has 1 aliphatic heterocycles. The van der Waals surface area contributed by atoms with Crippen LogP contribution in [0.3, 0.4) is 0 Å². The normalized spacial score (nSPS) is 18.5. The summed E-state index contributed by atoms with van der Waals surface area (Å²) in [5.41, 5.74) is 1.19. The van der Waals surface area contributed by atoms with E-state index in [0.29, 0.717) is 0 Å². The molecule has 1 saturated heterocycles. The zero-order valence-corrected chi connectivity index (χ0v) is 8.94. The highest BCUT2D eigenvalue weighted by molar-refractivity contribution is 5.75. The number of carbonyl (C=O) groups is 1. The molecule has 0 aromatic heterocycles. The number of hydrogen-bond donors (Lipinski definition) is 1. The van der Waals surface area contributed by atoms with E-state index in [2.05, 4.69) is 24.4 Å². The molecule has 0 saturated carbocycles. The maximum Gasteiger partial charge on any atom is 0.317 e. The first kappa shape index (κ1) is 10.0. The van der Waals surface area contributed by atoms with Crippen LogP contribution in [-0.2, 0) is 0 Å². The lowest BCUT2D eigenvalue weighted by molar-refractivity contribution is 0.166. The summed E-state index contributed by atoms with van der Waals surface area (Å²) >= 11 is 0. The lowest BCUT2D eigenvalue weighted by atomic mass is 10.1. The summed E-state index contributed by atoms with van der Waals surface area (Å²) in [7, 11) is 0. The van der Waals surface area contributed by atoms with Crippen LogP contribution in [0.15, 0.2) is 30.3 Å². The van der Waals surface area contributed by atoms with E-state index in [0.717, 1.165) is 19.5 Å². The Morgan fingerprint density at radius 2 is 2.07 bits per heavy atom. The van der Waals surface area contributed by atoms with Crippen LogP contribution in [-0.4, -0.2) is 24.0 Å². The van der Waals surface area contributed by atoms with Crippen LogP contribution in [0, 0.1) is 0 Å². The summed E-state index contributed by atoms with van der Waals surface area (Å²) in [4.78, 5) is 13.5. The molecular formula is C12H16N2O. The van der Waals surface area contributed by atoms with Gasteiger partial charge >= 0.3 is 6.03 Å². The Bertz CT molecular complexity index is 337. The maximum atomic E-state index is 11.6. The van der Waals surface area contributed by atoms with Crippen molar-refractivity contribution in [1.82, 2.24) is 10.2 Å². The number of nitrogens with zero attached hydrogens (tertiary/aromatic N) is 1. The van der Waals surface area contributed by atoms with Crippen molar-refractivity contribution in [1.29, 1.82) is 0 Å². The van der Waals surface area contributed by atoms with E-state index in [1.807, 2.05) is 23.1 Å². The number of rotatable bonds is 2. The fourth-order valence-corrected chi connectivity index (χ4v) is 1.93. The van der Waals surface area contributed by atoms with Crippen molar-refractivity contribution in [3.8, 4) is 0 Å². The Morgan fingerprint density at radius 1 is 1.33 bits per heavy atom. The average molecular weight is 204 g/mol. The number of benzene rings is 1. The highest BCUT2D eigenvalue weighted by Crippen LogP contribution is 2.21. The van der Waals surface area contributed by atoms with Gasteiger partial charge in [-0.2, -0.15) is 0 Å². The molecule has 2 amide bonds. The van der Waals surface area contributed by atoms with Crippen LogP contribution in [0.2, 0.25) is 0 Å². The van der Waals surface area contributed by atoms with Crippen LogP contribution in [0.4, 0.5) is 4.79 Å². The molecule has 1 atom stereocenters. The standard InChI is InChI=1S/C12H16N2O/c1-10(11-6-3-2-4-7-11)14-9-5-8-13-12(14)15/h2-4,6-7,10H,5,8-9H2,1H3,(H,13,15)/t10-/m1/s1. The van der Waals surface area contributed by atoms with Crippen LogP contribution < -0.4 is 5.32 Å². The number of amides is 2. The van der Waals surface area contributed by atoms with Gasteiger partial charge in [0.1, 0.15) is 0 Å². The molecule has 3 nitrogen and oxygen atoms in total. The van der Waals surface area contributed by atoms with Gasteiger partial charge in [-0.15, -0.1) is 0 Å². The van der Waals surface area contributed by atoms with Crippen molar-refractivity contribution in [2.75, 3.05) is 13.1 Å². The van der Waals surface area contributed by atoms with Crippen molar-refractivity contribution in [2.45, 2.75) is 19.4 Å². The zero-order valence-electron chi connectivity index (χ0n) is 8.94. The second-order valence-corrected chi connectivity index (χ2v) is 3.87. The average Bonchev–Trinajstić information content (AvgIpc) is 2.30. The van der Waals surface area contributed by atoms with Gasteiger partial charge < -0.3 is 10.2 Å². The smallest absolute Gasteiger partial charge is 0.317 e. The fourth-order valence-electron chi connectivity index (χ4n) is 1.93. The van der Waals surface area contributed by atoms with Crippen LogP contribution in [0.1, 0.15) is 24.9 Å². The highest BCUT2D eigenvalue weighted by atomic mass is 16.2.